The number of nitrogens with zero attached hydrogens (tertiary/aromatic N) is 3. The monoisotopic (exact) mass is 408 g/mol. The van der Waals surface area contributed by atoms with E-state index in [9.17, 15) is 9.59 Å². The van der Waals surface area contributed by atoms with Crippen LogP contribution in [0.3, 0.4) is 0 Å². The summed E-state index contributed by atoms with van der Waals surface area (Å²) in [5.74, 6) is -0.242. The van der Waals surface area contributed by atoms with Crippen LogP contribution in [0, 0.1) is 0 Å². The molecule has 0 saturated carbocycles. The lowest BCUT2D eigenvalue weighted by Crippen LogP contribution is -2.17. The summed E-state index contributed by atoms with van der Waals surface area (Å²) >= 11 is 1.39. The van der Waals surface area contributed by atoms with Crippen molar-refractivity contribution < 1.29 is 19.1 Å². The molecule has 0 fully saturated rings. The Labute approximate surface area is 169 Å². The van der Waals surface area contributed by atoms with Crippen molar-refractivity contribution >= 4 is 34.1 Å². The van der Waals surface area contributed by atoms with Crippen LogP contribution in [0.2, 0.25) is 0 Å². The lowest BCUT2D eigenvalue weighted by atomic mass is 10.1. The second-order valence-corrected chi connectivity index (χ2v) is 6.78. The van der Waals surface area contributed by atoms with Crippen molar-refractivity contribution in [1.29, 1.82) is 0 Å². The number of amides is 1. The summed E-state index contributed by atoms with van der Waals surface area (Å²) in [6.07, 6.45) is 0. The summed E-state index contributed by atoms with van der Waals surface area (Å²) < 4.78 is 11.8. The minimum absolute atomic E-state index is 0.137. The number of hydrogen-bond donors (Lipinski definition) is 1. The van der Waals surface area contributed by atoms with Crippen LogP contribution < -0.4 is 10.1 Å². The number of benzene rings is 2. The van der Waals surface area contributed by atoms with Crippen LogP contribution in [0.5, 0.6) is 5.75 Å². The van der Waals surface area contributed by atoms with Gasteiger partial charge in [-0.25, -0.2) is 9.31 Å². The number of aromatic nitrogens is 3. The van der Waals surface area contributed by atoms with E-state index in [2.05, 4.69) is 15.4 Å². The van der Waals surface area contributed by atoms with Gasteiger partial charge in [0.05, 0.1) is 31.0 Å². The number of anilines is 1. The molecule has 1 N–H and O–H groups in total. The summed E-state index contributed by atoms with van der Waals surface area (Å²) in [5.41, 5.74) is 2.01. The van der Waals surface area contributed by atoms with E-state index in [4.69, 9.17) is 9.47 Å². The first-order valence-electron chi connectivity index (χ1n) is 8.58. The van der Waals surface area contributed by atoms with E-state index in [-0.39, 0.29) is 17.1 Å². The number of methoxy groups -OCH3 is 2. The predicted octanol–water partition coefficient (Wildman–Crippen LogP) is 3.51. The van der Waals surface area contributed by atoms with Gasteiger partial charge in [-0.3, -0.25) is 10.1 Å². The minimum Gasteiger partial charge on any atom is -0.496 e. The highest BCUT2D eigenvalue weighted by Crippen LogP contribution is 2.32. The molecule has 8 nitrogen and oxygen atoms in total. The van der Waals surface area contributed by atoms with Gasteiger partial charge in [-0.2, -0.15) is 4.98 Å². The number of rotatable bonds is 5. The lowest BCUT2D eigenvalue weighted by Gasteiger charge is -2.07. The standard InChI is InChI=1S/C20H16N4O4S/c1-27-16-10-6-5-9-14(16)15-11-29-20-22-19(23-24(15)20)21-17(25)12-7-3-4-8-13(12)18(26)28-2/h3-11H,1-2H3,(H,21,23,25). The molecule has 2 aromatic carbocycles. The van der Waals surface area contributed by atoms with Crippen molar-refractivity contribution in [2.75, 3.05) is 19.5 Å². The summed E-state index contributed by atoms with van der Waals surface area (Å²) in [5, 5.41) is 8.96. The largest absolute Gasteiger partial charge is 0.496 e. The number of hydrogen-bond acceptors (Lipinski definition) is 7. The molecular formula is C20H16N4O4S. The maximum Gasteiger partial charge on any atom is 0.338 e. The smallest absolute Gasteiger partial charge is 0.338 e. The molecule has 0 bridgehead atoms. The summed E-state index contributed by atoms with van der Waals surface area (Å²) in [6, 6.07) is 14.0. The highest BCUT2D eigenvalue weighted by Gasteiger charge is 2.20. The van der Waals surface area contributed by atoms with E-state index in [0.29, 0.717) is 10.7 Å². The van der Waals surface area contributed by atoms with Crippen molar-refractivity contribution in [3.05, 3.63) is 65.0 Å². The van der Waals surface area contributed by atoms with Crippen LogP contribution in [-0.2, 0) is 4.74 Å². The second-order valence-electron chi connectivity index (χ2n) is 5.94. The number of nitrogens with one attached hydrogen (secondary N) is 1. The van der Waals surface area contributed by atoms with E-state index < -0.39 is 11.9 Å². The van der Waals surface area contributed by atoms with Crippen molar-refractivity contribution in [3.8, 4) is 17.0 Å². The molecule has 146 valence electrons. The number of para-hydroxylation sites is 1. The zero-order valence-corrected chi connectivity index (χ0v) is 16.4. The molecule has 0 unspecified atom stereocenters. The van der Waals surface area contributed by atoms with Gasteiger partial charge in [0.2, 0.25) is 4.96 Å². The predicted molar refractivity (Wildman–Crippen MR) is 109 cm³/mol. The van der Waals surface area contributed by atoms with Gasteiger partial charge in [-0.05, 0) is 24.3 Å². The van der Waals surface area contributed by atoms with Crippen LogP contribution >= 0.6 is 11.3 Å². The van der Waals surface area contributed by atoms with Gasteiger partial charge in [-0.1, -0.05) is 24.3 Å². The van der Waals surface area contributed by atoms with Gasteiger partial charge in [0.1, 0.15) is 5.75 Å². The fourth-order valence-electron chi connectivity index (χ4n) is 2.91. The van der Waals surface area contributed by atoms with Crippen molar-refractivity contribution in [1.82, 2.24) is 14.6 Å². The van der Waals surface area contributed by atoms with Gasteiger partial charge >= 0.3 is 5.97 Å². The maximum absolute atomic E-state index is 12.7. The van der Waals surface area contributed by atoms with E-state index in [1.165, 1.54) is 24.5 Å². The molecule has 1 amide bonds. The number of carbonyl (C=O) groups excluding carboxylic acids is 2. The molecule has 29 heavy (non-hydrogen) atoms. The third-order valence-electron chi connectivity index (χ3n) is 4.27. The van der Waals surface area contributed by atoms with Crippen LogP contribution in [0.25, 0.3) is 16.2 Å². The molecule has 0 spiro atoms. The third kappa shape index (κ3) is 3.43. The maximum atomic E-state index is 12.7. The minimum atomic E-state index is -0.590. The average molecular weight is 408 g/mol. The first-order chi connectivity index (χ1) is 14.1. The molecule has 0 aliphatic rings. The number of ether oxygens (including phenoxy) is 2. The zero-order valence-electron chi connectivity index (χ0n) is 15.6. The molecule has 4 rings (SSSR count). The Morgan fingerprint density at radius 3 is 2.52 bits per heavy atom. The summed E-state index contributed by atoms with van der Waals surface area (Å²) in [7, 11) is 2.87. The fourth-order valence-corrected chi connectivity index (χ4v) is 3.74. The van der Waals surface area contributed by atoms with Gasteiger partial charge < -0.3 is 9.47 Å². The fraction of sp³-hybridized carbons (Fsp3) is 0.100. The van der Waals surface area contributed by atoms with Gasteiger partial charge in [0.15, 0.2) is 0 Å². The topological polar surface area (TPSA) is 94.8 Å². The van der Waals surface area contributed by atoms with Crippen molar-refractivity contribution in [2.45, 2.75) is 0 Å². The molecule has 0 saturated heterocycles. The van der Waals surface area contributed by atoms with Crippen molar-refractivity contribution in [2.24, 2.45) is 0 Å². The molecule has 9 heteroatoms. The molecule has 0 aliphatic carbocycles. The van der Waals surface area contributed by atoms with Crippen molar-refractivity contribution in [3.63, 3.8) is 0 Å². The lowest BCUT2D eigenvalue weighted by molar-refractivity contribution is 0.0597. The Hall–Kier alpha value is -3.72. The summed E-state index contributed by atoms with van der Waals surface area (Å²) in [6.45, 7) is 0. The SMILES string of the molecule is COC(=O)c1ccccc1C(=O)Nc1nc2scc(-c3ccccc3OC)n2n1. The molecular weight excluding hydrogens is 392 g/mol. The Morgan fingerprint density at radius 1 is 1.03 bits per heavy atom. The molecule has 2 aromatic heterocycles. The quantitative estimate of drug-likeness (QED) is 0.508. The van der Waals surface area contributed by atoms with E-state index in [0.717, 1.165) is 11.3 Å². The molecule has 2 heterocycles. The molecule has 0 radical (unpaired) electrons. The third-order valence-corrected chi connectivity index (χ3v) is 5.08. The second kappa shape index (κ2) is 7.72. The Balaban J connectivity index is 1.66. The highest BCUT2D eigenvalue weighted by molar-refractivity contribution is 7.15. The van der Waals surface area contributed by atoms with Crippen LogP contribution in [-0.4, -0.2) is 40.7 Å². The Kier molecular flexibility index (Phi) is 4.96. The average Bonchev–Trinajstić information content (AvgIpc) is 3.33. The molecule has 0 atom stereocenters. The molecule has 0 aliphatic heterocycles. The summed E-state index contributed by atoms with van der Waals surface area (Å²) in [4.78, 5) is 29.6. The zero-order chi connectivity index (χ0) is 20.4. The number of carbonyl (C=O) groups is 2. The van der Waals surface area contributed by atoms with E-state index in [1.807, 2.05) is 29.6 Å². The Morgan fingerprint density at radius 2 is 1.76 bits per heavy atom. The number of thiazole rings is 1. The molecule has 4 aromatic rings. The Bertz CT molecular complexity index is 1210. The van der Waals surface area contributed by atoms with Crippen LogP contribution in [0.1, 0.15) is 20.7 Å². The highest BCUT2D eigenvalue weighted by atomic mass is 32.1. The number of fused-ring (bicyclic) bond motifs is 1. The normalized spacial score (nSPS) is 10.7. The van der Waals surface area contributed by atoms with Crippen LogP contribution in [0.4, 0.5) is 5.95 Å². The van der Waals surface area contributed by atoms with Gasteiger partial charge in [-0.15, -0.1) is 16.4 Å². The van der Waals surface area contributed by atoms with Crippen LogP contribution in [0.15, 0.2) is 53.9 Å². The van der Waals surface area contributed by atoms with E-state index in [1.54, 1.807) is 29.8 Å². The number of esters is 1. The first-order valence-corrected chi connectivity index (χ1v) is 9.46. The van der Waals surface area contributed by atoms with Gasteiger partial charge in [0, 0.05) is 10.9 Å². The first kappa shape index (κ1) is 18.6. The van der Waals surface area contributed by atoms with E-state index >= 15 is 0 Å². The van der Waals surface area contributed by atoms with Gasteiger partial charge in [0.25, 0.3) is 11.9 Å².